The topological polar surface area (TPSA) is 86.7 Å². The van der Waals surface area contributed by atoms with E-state index in [4.69, 9.17) is 9.47 Å². The molecule has 2 rings (SSSR count). The average molecular weight is 511 g/mol. The molecule has 0 saturated carbocycles. The van der Waals surface area contributed by atoms with Crippen molar-refractivity contribution in [3.63, 3.8) is 0 Å². The van der Waals surface area contributed by atoms with E-state index in [-0.39, 0.29) is 54.8 Å². The number of hydrogen-bond donors (Lipinski definition) is 1. The predicted octanol–water partition coefficient (Wildman–Crippen LogP) is 0.201. The van der Waals surface area contributed by atoms with Crippen LogP contribution < -0.4 is 5.32 Å². The fourth-order valence-corrected chi connectivity index (χ4v) is 3.23. The molecule has 0 aliphatic carbocycles. The second-order valence-electron chi connectivity index (χ2n) is 7.57. The number of likely N-dealkylation sites (N-methyl/N-ethyl adjacent to an activating group) is 2. The molecule has 2 heterocycles. The molecule has 162 valence electrons. The molecule has 0 radical (unpaired) electrons. The van der Waals surface area contributed by atoms with Crippen LogP contribution in [0, 0.1) is 5.92 Å². The zero-order valence-corrected chi connectivity index (χ0v) is 19.9. The number of likely N-dealkylation sites (tertiary alicyclic amines) is 1. The summed E-state index contributed by atoms with van der Waals surface area (Å²) in [5.74, 6) is 0.0604. The third kappa shape index (κ3) is 6.73. The lowest BCUT2D eigenvalue weighted by Crippen LogP contribution is -2.53. The van der Waals surface area contributed by atoms with Crippen molar-refractivity contribution in [2.75, 3.05) is 67.6 Å². The van der Waals surface area contributed by atoms with Gasteiger partial charge in [-0.3, -0.25) is 9.59 Å². The quantitative estimate of drug-likeness (QED) is 0.323. The highest BCUT2D eigenvalue weighted by Gasteiger charge is 2.42. The van der Waals surface area contributed by atoms with Crippen LogP contribution in [-0.2, 0) is 19.1 Å². The number of nitrogens with one attached hydrogen (secondary N) is 1. The van der Waals surface area contributed by atoms with Crippen molar-refractivity contribution < 1.29 is 19.1 Å². The van der Waals surface area contributed by atoms with Crippen molar-refractivity contribution in [3.05, 3.63) is 0 Å². The van der Waals surface area contributed by atoms with Crippen LogP contribution in [-0.4, -0.2) is 106 Å². The van der Waals surface area contributed by atoms with Crippen LogP contribution >= 0.6 is 24.0 Å². The number of amides is 2. The minimum Gasteiger partial charge on any atom is -0.347 e. The van der Waals surface area contributed by atoms with Crippen molar-refractivity contribution in [1.29, 1.82) is 0 Å². The van der Waals surface area contributed by atoms with Gasteiger partial charge in [-0.2, -0.15) is 0 Å². The van der Waals surface area contributed by atoms with E-state index in [1.54, 1.807) is 28.2 Å². The summed E-state index contributed by atoms with van der Waals surface area (Å²) in [6, 6.07) is 0. The van der Waals surface area contributed by atoms with E-state index < -0.39 is 5.79 Å². The van der Waals surface area contributed by atoms with E-state index >= 15 is 0 Å². The third-order valence-corrected chi connectivity index (χ3v) is 5.08. The molecule has 2 fully saturated rings. The van der Waals surface area contributed by atoms with Crippen LogP contribution in [0.25, 0.3) is 0 Å². The molecular weight excluding hydrogens is 477 g/mol. The van der Waals surface area contributed by atoms with E-state index in [2.05, 4.69) is 15.2 Å². The largest absolute Gasteiger partial charge is 0.347 e. The Kier molecular flexibility index (Phi) is 9.91. The number of nitrogens with zero attached hydrogens (tertiary/aromatic N) is 4. The Bertz CT molecular complexity index is 564. The Morgan fingerprint density at radius 1 is 1.14 bits per heavy atom. The summed E-state index contributed by atoms with van der Waals surface area (Å²) in [5.41, 5.74) is 0. The van der Waals surface area contributed by atoms with Gasteiger partial charge in [-0.1, -0.05) is 0 Å². The minimum absolute atomic E-state index is 0. The Morgan fingerprint density at radius 2 is 1.75 bits per heavy atom. The van der Waals surface area contributed by atoms with E-state index in [0.29, 0.717) is 25.7 Å². The molecule has 2 amide bonds. The molecule has 1 N–H and O–H groups in total. The summed E-state index contributed by atoms with van der Waals surface area (Å²) in [6.07, 6.45) is 1.98. The first-order chi connectivity index (χ1) is 12.7. The van der Waals surface area contributed by atoms with E-state index in [0.717, 1.165) is 19.4 Å². The molecule has 0 aromatic carbocycles. The van der Waals surface area contributed by atoms with E-state index in [9.17, 15) is 9.59 Å². The van der Waals surface area contributed by atoms with Crippen molar-refractivity contribution >= 4 is 41.8 Å². The van der Waals surface area contributed by atoms with Crippen LogP contribution in [0.3, 0.4) is 0 Å². The molecule has 9 nitrogen and oxygen atoms in total. The molecule has 1 atom stereocenters. The smallest absolute Gasteiger partial charge is 0.243 e. The van der Waals surface area contributed by atoms with Gasteiger partial charge < -0.3 is 29.5 Å². The molecule has 2 aliphatic heterocycles. The standard InChI is InChI=1S/C18H33N5O4.HI/c1-18(26-9-10-27-18)14-7-6-8-23(13-14)17(19-11-15(24)21(2)3)20-12-16(25)22(4)5;/h14H,6-13H2,1-5H3,(H,19,20);1H. The Hall–Kier alpha value is -1.14. The fourth-order valence-electron chi connectivity index (χ4n) is 3.23. The number of aliphatic imine (C=N–C) groups is 1. The van der Waals surface area contributed by atoms with Gasteiger partial charge in [-0.25, -0.2) is 4.99 Å². The van der Waals surface area contributed by atoms with Crippen LogP contribution in [0.1, 0.15) is 19.8 Å². The van der Waals surface area contributed by atoms with Gasteiger partial charge in [0.25, 0.3) is 0 Å². The van der Waals surface area contributed by atoms with Gasteiger partial charge in [-0.05, 0) is 19.8 Å². The zero-order chi connectivity index (χ0) is 20.0. The summed E-state index contributed by atoms with van der Waals surface area (Å²) in [6.45, 7) is 4.90. The summed E-state index contributed by atoms with van der Waals surface area (Å²) in [7, 11) is 6.83. The van der Waals surface area contributed by atoms with Crippen molar-refractivity contribution in [1.82, 2.24) is 20.0 Å². The fraction of sp³-hybridized carbons (Fsp3) is 0.833. The van der Waals surface area contributed by atoms with Crippen molar-refractivity contribution in [2.24, 2.45) is 10.9 Å². The number of piperidine rings is 1. The lowest BCUT2D eigenvalue weighted by molar-refractivity contribution is -0.189. The van der Waals surface area contributed by atoms with Crippen LogP contribution in [0.5, 0.6) is 0 Å². The van der Waals surface area contributed by atoms with Crippen molar-refractivity contribution in [3.8, 4) is 0 Å². The molecule has 0 spiro atoms. The number of carbonyl (C=O) groups excluding carboxylic acids is 2. The summed E-state index contributed by atoms with van der Waals surface area (Å²) >= 11 is 0. The van der Waals surface area contributed by atoms with Crippen LogP contribution in [0.15, 0.2) is 4.99 Å². The summed E-state index contributed by atoms with van der Waals surface area (Å²) in [4.78, 5) is 33.5. The van der Waals surface area contributed by atoms with Gasteiger partial charge in [0.05, 0.1) is 19.8 Å². The number of carbonyl (C=O) groups is 2. The predicted molar refractivity (Wildman–Crippen MR) is 118 cm³/mol. The maximum Gasteiger partial charge on any atom is 0.243 e. The molecule has 0 aromatic heterocycles. The van der Waals surface area contributed by atoms with Gasteiger partial charge in [0.2, 0.25) is 11.8 Å². The molecule has 2 aliphatic rings. The number of ether oxygens (including phenoxy) is 2. The number of guanidine groups is 1. The van der Waals surface area contributed by atoms with Gasteiger partial charge >= 0.3 is 0 Å². The Labute approximate surface area is 184 Å². The normalized spacial score (nSPS) is 21.7. The Morgan fingerprint density at radius 3 is 2.32 bits per heavy atom. The molecule has 0 bridgehead atoms. The lowest BCUT2D eigenvalue weighted by atomic mass is 9.90. The first-order valence-electron chi connectivity index (χ1n) is 9.44. The summed E-state index contributed by atoms with van der Waals surface area (Å²) in [5, 5.41) is 3.12. The maximum absolute atomic E-state index is 12.0. The van der Waals surface area contributed by atoms with E-state index in [1.165, 1.54) is 9.80 Å². The molecule has 28 heavy (non-hydrogen) atoms. The third-order valence-electron chi connectivity index (χ3n) is 5.08. The van der Waals surface area contributed by atoms with Gasteiger partial charge in [0, 0.05) is 47.2 Å². The maximum atomic E-state index is 12.0. The highest BCUT2D eigenvalue weighted by Crippen LogP contribution is 2.34. The average Bonchev–Trinajstić information content (AvgIpc) is 3.09. The minimum atomic E-state index is -0.581. The highest BCUT2D eigenvalue weighted by molar-refractivity contribution is 14.0. The zero-order valence-electron chi connectivity index (χ0n) is 17.6. The Balaban J connectivity index is 0.00000392. The van der Waals surface area contributed by atoms with E-state index in [1.807, 2.05) is 6.92 Å². The first kappa shape index (κ1) is 24.9. The molecule has 0 aromatic rings. The second-order valence-corrected chi connectivity index (χ2v) is 7.57. The second kappa shape index (κ2) is 11.1. The highest BCUT2D eigenvalue weighted by atomic mass is 127. The van der Waals surface area contributed by atoms with Gasteiger partial charge in [0.1, 0.15) is 6.54 Å². The summed E-state index contributed by atoms with van der Waals surface area (Å²) < 4.78 is 11.7. The molecular formula is C18H34IN5O4. The number of hydrogen-bond acceptors (Lipinski definition) is 5. The van der Waals surface area contributed by atoms with Crippen LogP contribution in [0.2, 0.25) is 0 Å². The molecule has 1 unspecified atom stereocenters. The monoisotopic (exact) mass is 511 g/mol. The number of rotatable bonds is 5. The lowest BCUT2D eigenvalue weighted by Gasteiger charge is -2.41. The SMILES string of the molecule is CN(C)C(=O)CN=C(NCC(=O)N(C)C)N1CCCC(C2(C)OCCO2)C1.I. The van der Waals surface area contributed by atoms with Crippen LogP contribution in [0.4, 0.5) is 0 Å². The first-order valence-corrected chi connectivity index (χ1v) is 9.44. The molecule has 2 saturated heterocycles. The molecule has 10 heteroatoms. The van der Waals surface area contributed by atoms with Gasteiger partial charge in [0.15, 0.2) is 11.7 Å². The van der Waals surface area contributed by atoms with Gasteiger partial charge in [-0.15, -0.1) is 24.0 Å². The number of halogens is 1. The van der Waals surface area contributed by atoms with Crippen molar-refractivity contribution in [2.45, 2.75) is 25.6 Å².